The van der Waals surface area contributed by atoms with Crippen molar-refractivity contribution in [3.05, 3.63) is 0 Å². The van der Waals surface area contributed by atoms with Gasteiger partial charge in [0.05, 0.1) is 18.3 Å². The normalized spacial score (nSPS) is 40.4. The zero-order valence-corrected chi connectivity index (χ0v) is 29.5. The number of unbranched alkanes of at least 4 members (excludes halogenated alkanes) is 9. The minimum Gasteiger partial charge on any atom is -0.481 e. The van der Waals surface area contributed by atoms with Crippen LogP contribution in [0.2, 0.25) is 0 Å². The lowest BCUT2D eigenvalue weighted by Gasteiger charge is -2.65. The van der Waals surface area contributed by atoms with Crippen molar-refractivity contribution in [1.82, 2.24) is 0 Å². The lowest BCUT2D eigenvalue weighted by molar-refractivity contribution is -0.222. The van der Waals surface area contributed by atoms with Crippen molar-refractivity contribution < 1.29 is 39.0 Å². The summed E-state index contributed by atoms with van der Waals surface area (Å²) in [6.07, 6.45) is 17.0. The average molecular weight is 657 g/mol. The molecule has 4 rings (SSSR count). The standard InChI is InChI=1S/C36H65O8P/c1-5-6-7-8-9-10-11-12-13-14-15-25-20-27(44-45(41,42)43)21-26-22-31(37)34-29-18-17-28(24(2)16-19-33(39)40)36(29,4)32(38)23-30(34)35(25,26)3/h24-32,34,37-38H,5-23H2,1-4H3,(H,39,40)(H2,41,42,43)/t24-,25?,26+,27-,28-,29+,30+,31-,32+,34+,35+,36-/m1/s1. The molecule has 0 heterocycles. The molecule has 262 valence electrons. The van der Waals surface area contributed by atoms with Gasteiger partial charge in [-0.3, -0.25) is 9.32 Å². The minimum atomic E-state index is -4.63. The van der Waals surface area contributed by atoms with Gasteiger partial charge >= 0.3 is 13.8 Å². The highest BCUT2D eigenvalue weighted by molar-refractivity contribution is 7.46. The van der Waals surface area contributed by atoms with E-state index in [1.54, 1.807) is 0 Å². The summed E-state index contributed by atoms with van der Waals surface area (Å²) in [7, 11) is -4.63. The average Bonchev–Trinajstić information content (AvgIpc) is 3.32. The predicted molar refractivity (Wildman–Crippen MR) is 176 cm³/mol. The van der Waals surface area contributed by atoms with Crippen LogP contribution in [0.5, 0.6) is 0 Å². The first kappa shape index (κ1) is 37.3. The second kappa shape index (κ2) is 15.8. The Morgan fingerprint density at radius 2 is 1.49 bits per heavy atom. The van der Waals surface area contributed by atoms with Gasteiger partial charge < -0.3 is 25.1 Å². The smallest absolute Gasteiger partial charge is 0.469 e. The van der Waals surface area contributed by atoms with Gasteiger partial charge in [-0.2, -0.15) is 0 Å². The topological polar surface area (TPSA) is 145 Å². The molecule has 5 N–H and O–H groups in total. The largest absolute Gasteiger partial charge is 0.481 e. The number of fused-ring (bicyclic) bond motifs is 5. The summed E-state index contributed by atoms with van der Waals surface area (Å²) in [6, 6.07) is 0. The van der Waals surface area contributed by atoms with Crippen LogP contribution in [-0.2, 0) is 13.9 Å². The van der Waals surface area contributed by atoms with E-state index in [0.29, 0.717) is 32.1 Å². The van der Waals surface area contributed by atoms with Crippen LogP contribution >= 0.6 is 7.82 Å². The Balaban J connectivity index is 1.49. The molecular formula is C36H65O8P. The molecule has 0 spiro atoms. The van der Waals surface area contributed by atoms with Crippen LogP contribution < -0.4 is 0 Å². The van der Waals surface area contributed by atoms with E-state index < -0.39 is 32.1 Å². The summed E-state index contributed by atoms with van der Waals surface area (Å²) in [6.45, 7) is 8.96. The number of phosphoric acid groups is 1. The maximum atomic E-state index is 12.0. The first-order valence-corrected chi connectivity index (χ1v) is 20.1. The summed E-state index contributed by atoms with van der Waals surface area (Å²) in [5.41, 5.74) is -0.497. The van der Waals surface area contributed by atoms with Crippen molar-refractivity contribution in [1.29, 1.82) is 0 Å². The van der Waals surface area contributed by atoms with Crippen LogP contribution in [0, 0.1) is 52.3 Å². The number of phosphoric ester groups is 1. The van der Waals surface area contributed by atoms with Crippen LogP contribution in [0.25, 0.3) is 0 Å². The molecule has 0 aromatic rings. The second-order valence-electron chi connectivity index (χ2n) is 16.2. The molecule has 45 heavy (non-hydrogen) atoms. The van der Waals surface area contributed by atoms with Gasteiger partial charge in [0.25, 0.3) is 0 Å². The molecule has 0 amide bonds. The van der Waals surface area contributed by atoms with E-state index in [1.807, 2.05) is 0 Å². The van der Waals surface area contributed by atoms with Gasteiger partial charge in [0.15, 0.2) is 0 Å². The van der Waals surface area contributed by atoms with Crippen molar-refractivity contribution in [2.45, 2.75) is 168 Å². The molecule has 4 saturated carbocycles. The zero-order chi connectivity index (χ0) is 33.0. The van der Waals surface area contributed by atoms with Crippen LogP contribution in [-0.4, -0.2) is 49.4 Å². The fourth-order valence-electron chi connectivity index (χ4n) is 11.5. The maximum Gasteiger partial charge on any atom is 0.469 e. The van der Waals surface area contributed by atoms with Crippen LogP contribution in [0.3, 0.4) is 0 Å². The van der Waals surface area contributed by atoms with E-state index in [4.69, 9.17) is 4.52 Å². The van der Waals surface area contributed by atoms with Crippen molar-refractivity contribution in [3.63, 3.8) is 0 Å². The molecule has 0 aromatic carbocycles. The molecule has 4 aliphatic carbocycles. The molecule has 4 fully saturated rings. The number of carbonyl (C=O) groups is 1. The SMILES string of the molecule is CCCCCCCCCCCCC1C[C@@H](OP(=O)(O)O)C[C@H]2C[C@@H](O)[C@@H]3[C@H](C[C@H](O)[C@]4(C)[C@@H]([C@H](C)CCC(=O)O)CC[C@@H]34)[C@@]12C. The molecule has 1 unspecified atom stereocenters. The molecule has 0 aliphatic heterocycles. The highest BCUT2D eigenvalue weighted by atomic mass is 31.2. The number of carboxylic acid groups (broad SMARTS) is 1. The van der Waals surface area contributed by atoms with E-state index in [0.717, 1.165) is 32.1 Å². The number of aliphatic carboxylic acids is 1. The van der Waals surface area contributed by atoms with Gasteiger partial charge in [-0.15, -0.1) is 0 Å². The number of aliphatic hydroxyl groups excluding tert-OH is 2. The van der Waals surface area contributed by atoms with Crippen LogP contribution in [0.4, 0.5) is 0 Å². The highest BCUT2D eigenvalue weighted by Crippen LogP contribution is 2.70. The molecule has 9 heteroatoms. The van der Waals surface area contributed by atoms with E-state index >= 15 is 0 Å². The number of hydrogen-bond donors (Lipinski definition) is 5. The van der Waals surface area contributed by atoms with Crippen molar-refractivity contribution >= 4 is 13.8 Å². The molecule has 0 radical (unpaired) electrons. The molecular weight excluding hydrogens is 591 g/mol. The third-order valence-corrected chi connectivity index (χ3v) is 14.4. The molecule has 0 aromatic heterocycles. The van der Waals surface area contributed by atoms with Crippen molar-refractivity contribution in [3.8, 4) is 0 Å². The molecule has 8 nitrogen and oxygen atoms in total. The number of hydrogen-bond acceptors (Lipinski definition) is 5. The van der Waals surface area contributed by atoms with Crippen molar-refractivity contribution in [2.24, 2.45) is 52.3 Å². The second-order valence-corrected chi connectivity index (χ2v) is 17.4. The van der Waals surface area contributed by atoms with Gasteiger partial charge in [0.1, 0.15) is 0 Å². The fraction of sp³-hybridized carbons (Fsp3) is 0.972. The fourth-order valence-corrected chi connectivity index (χ4v) is 12.1. The Morgan fingerprint density at radius 3 is 2.09 bits per heavy atom. The molecule has 4 aliphatic rings. The van der Waals surface area contributed by atoms with Crippen LogP contribution in [0.1, 0.15) is 150 Å². The summed E-state index contributed by atoms with van der Waals surface area (Å²) in [5, 5.41) is 33.1. The quantitative estimate of drug-likeness (QED) is 0.0780. The first-order valence-electron chi connectivity index (χ1n) is 18.5. The van der Waals surface area contributed by atoms with Gasteiger partial charge in [-0.05, 0) is 104 Å². The van der Waals surface area contributed by atoms with Crippen LogP contribution in [0.15, 0.2) is 0 Å². The third-order valence-electron chi connectivity index (χ3n) is 13.8. The number of rotatable bonds is 17. The Bertz CT molecular complexity index is 1000. The Morgan fingerprint density at radius 1 is 0.867 bits per heavy atom. The van der Waals surface area contributed by atoms with Gasteiger partial charge in [-0.25, -0.2) is 4.57 Å². The monoisotopic (exact) mass is 656 g/mol. The molecule has 0 saturated heterocycles. The molecule has 12 atom stereocenters. The van der Waals surface area contributed by atoms with Gasteiger partial charge in [0, 0.05) is 6.42 Å². The lowest BCUT2D eigenvalue weighted by Crippen LogP contribution is -2.64. The Hall–Kier alpha value is -0.500. The first-order chi connectivity index (χ1) is 21.2. The highest BCUT2D eigenvalue weighted by Gasteiger charge is 2.67. The number of carboxylic acids is 1. The summed E-state index contributed by atoms with van der Waals surface area (Å²) in [4.78, 5) is 30.7. The summed E-state index contributed by atoms with van der Waals surface area (Å²) >= 11 is 0. The molecule has 0 bridgehead atoms. The van der Waals surface area contributed by atoms with E-state index in [-0.39, 0.29) is 58.7 Å². The number of aliphatic hydroxyl groups is 2. The van der Waals surface area contributed by atoms with Gasteiger partial charge in [-0.1, -0.05) is 91.9 Å². The summed E-state index contributed by atoms with van der Waals surface area (Å²) in [5.74, 6) is 0.321. The van der Waals surface area contributed by atoms with E-state index in [2.05, 4.69) is 27.7 Å². The Kier molecular flexibility index (Phi) is 13.1. The maximum absolute atomic E-state index is 12.0. The van der Waals surface area contributed by atoms with E-state index in [1.165, 1.54) is 51.4 Å². The summed E-state index contributed by atoms with van der Waals surface area (Å²) < 4.78 is 17.3. The predicted octanol–water partition coefficient (Wildman–Crippen LogP) is 8.10. The lowest BCUT2D eigenvalue weighted by atomic mass is 9.40. The zero-order valence-electron chi connectivity index (χ0n) is 28.6. The Labute approximate surface area is 272 Å². The van der Waals surface area contributed by atoms with Gasteiger partial charge in [0.2, 0.25) is 0 Å². The minimum absolute atomic E-state index is 0.0748. The third kappa shape index (κ3) is 8.39. The van der Waals surface area contributed by atoms with E-state index in [9.17, 15) is 34.5 Å². The van der Waals surface area contributed by atoms with Crippen molar-refractivity contribution in [2.75, 3.05) is 0 Å².